The molecule has 0 bridgehead atoms. The Kier molecular flexibility index (Phi) is 3.26. The fraction of sp³-hybridized carbons (Fsp3) is 0.154. The van der Waals surface area contributed by atoms with Gasteiger partial charge in [0.25, 0.3) is 0 Å². The van der Waals surface area contributed by atoms with Gasteiger partial charge in [0.15, 0.2) is 0 Å². The number of ether oxygens (including phenoxy) is 1. The van der Waals surface area contributed by atoms with Crippen molar-refractivity contribution in [2.75, 3.05) is 12.4 Å². The third-order valence-electron chi connectivity index (χ3n) is 3.16. The lowest BCUT2D eigenvalue weighted by Crippen LogP contribution is -2.24. The van der Waals surface area contributed by atoms with Gasteiger partial charge in [0, 0.05) is 0 Å². The molecule has 2 aromatic rings. The SMILES string of the molecule is COc1ccc([C@@H]2C=C(C(=O)O)Nc3ncnn32)cc1Cl. The summed E-state index contributed by atoms with van der Waals surface area (Å²) in [6, 6.07) is 4.85. The van der Waals surface area contributed by atoms with Crippen LogP contribution in [0.25, 0.3) is 0 Å². The lowest BCUT2D eigenvalue weighted by molar-refractivity contribution is -0.132. The number of nitrogens with one attached hydrogen (secondary N) is 1. The van der Waals surface area contributed by atoms with E-state index in [4.69, 9.17) is 21.4 Å². The maximum Gasteiger partial charge on any atom is 0.352 e. The number of carboxylic acids is 1. The monoisotopic (exact) mass is 306 g/mol. The first-order chi connectivity index (χ1) is 10.1. The Balaban J connectivity index is 2.08. The van der Waals surface area contributed by atoms with E-state index in [-0.39, 0.29) is 5.70 Å². The van der Waals surface area contributed by atoms with E-state index in [0.29, 0.717) is 16.7 Å². The number of fused-ring (bicyclic) bond motifs is 1. The molecule has 0 aliphatic carbocycles. The smallest absolute Gasteiger partial charge is 0.352 e. The van der Waals surface area contributed by atoms with E-state index in [2.05, 4.69) is 15.4 Å². The average Bonchev–Trinajstić information content (AvgIpc) is 2.94. The van der Waals surface area contributed by atoms with Crippen molar-refractivity contribution in [3.05, 3.63) is 46.9 Å². The van der Waals surface area contributed by atoms with Crippen LogP contribution in [-0.2, 0) is 4.79 Å². The van der Waals surface area contributed by atoms with E-state index in [1.165, 1.54) is 13.4 Å². The molecule has 2 N–H and O–H groups in total. The number of rotatable bonds is 3. The predicted octanol–water partition coefficient (Wildman–Crippen LogP) is 1.92. The summed E-state index contributed by atoms with van der Waals surface area (Å²) in [4.78, 5) is 15.2. The Morgan fingerprint density at radius 1 is 1.52 bits per heavy atom. The van der Waals surface area contributed by atoms with Gasteiger partial charge >= 0.3 is 5.97 Å². The second kappa shape index (κ2) is 5.10. The van der Waals surface area contributed by atoms with E-state index < -0.39 is 12.0 Å². The third kappa shape index (κ3) is 2.31. The molecule has 0 fully saturated rings. The zero-order chi connectivity index (χ0) is 15.0. The van der Waals surface area contributed by atoms with E-state index >= 15 is 0 Å². The molecule has 3 rings (SSSR count). The summed E-state index contributed by atoms with van der Waals surface area (Å²) in [5.74, 6) is -0.142. The molecule has 0 amide bonds. The quantitative estimate of drug-likeness (QED) is 0.900. The Hall–Kier alpha value is -2.54. The number of hydrogen-bond donors (Lipinski definition) is 2. The summed E-state index contributed by atoms with van der Waals surface area (Å²) in [5.41, 5.74) is 0.834. The minimum absolute atomic E-state index is 0.0486. The standard InChI is InChI=1S/C13H11ClN4O3/c1-21-11-3-2-7(4-8(11)14)10-5-9(12(19)20)17-13-15-6-16-18(10)13/h2-6,10H,1H3,(H,19,20)(H,15,16,17)/t10-/m0/s1. The van der Waals surface area contributed by atoms with Gasteiger partial charge in [0.2, 0.25) is 5.95 Å². The molecule has 0 saturated carbocycles. The van der Waals surface area contributed by atoms with Crippen molar-refractivity contribution in [3.63, 3.8) is 0 Å². The molecule has 108 valence electrons. The van der Waals surface area contributed by atoms with Crippen molar-refractivity contribution in [2.24, 2.45) is 0 Å². The van der Waals surface area contributed by atoms with Gasteiger partial charge in [-0.3, -0.25) is 0 Å². The average molecular weight is 307 g/mol. The molecule has 0 unspecified atom stereocenters. The maximum atomic E-state index is 11.2. The fourth-order valence-corrected chi connectivity index (χ4v) is 2.43. The zero-order valence-electron chi connectivity index (χ0n) is 10.9. The number of benzene rings is 1. The van der Waals surface area contributed by atoms with Crippen LogP contribution >= 0.6 is 11.6 Å². The number of aromatic nitrogens is 3. The largest absolute Gasteiger partial charge is 0.495 e. The molecule has 0 spiro atoms. The first-order valence-corrected chi connectivity index (χ1v) is 6.43. The number of aliphatic carboxylic acids is 1. The first kappa shape index (κ1) is 13.4. The van der Waals surface area contributed by atoms with Gasteiger partial charge in [-0.1, -0.05) is 17.7 Å². The minimum Gasteiger partial charge on any atom is -0.495 e. The lowest BCUT2D eigenvalue weighted by Gasteiger charge is -2.22. The number of anilines is 1. The van der Waals surface area contributed by atoms with Gasteiger partial charge in [0.1, 0.15) is 23.8 Å². The highest BCUT2D eigenvalue weighted by Crippen LogP contribution is 2.32. The van der Waals surface area contributed by atoms with Crippen LogP contribution in [0.3, 0.4) is 0 Å². The van der Waals surface area contributed by atoms with Gasteiger partial charge in [-0.15, -0.1) is 0 Å². The van der Waals surface area contributed by atoms with E-state index in [1.54, 1.807) is 22.9 Å². The van der Waals surface area contributed by atoms with Crippen molar-refractivity contribution in [1.29, 1.82) is 0 Å². The number of allylic oxidation sites excluding steroid dienone is 1. The lowest BCUT2D eigenvalue weighted by atomic mass is 10.0. The van der Waals surface area contributed by atoms with Crippen molar-refractivity contribution >= 4 is 23.5 Å². The molecule has 21 heavy (non-hydrogen) atoms. The van der Waals surface area contributed by atoms with Gasteiger partial charge in [-0.05, 0) is 23.8 Å². The van der Waals surface area contributed by atoms with Crippen LogP contribution in [0.1, 0.15) is 11.6 Å². The van der Waals surface area contributed by atoms with Crippen LogP contribution in [0.4, 0.5) is 5.95 Å². The maximum absolute atomic E-state index is 11.2. The zero-order valence-corrected chi connectivity index (χ0v) is 11.7. The Bertz CT molecular complexity index is 741. The number of halogens is 1. The molecule has 1 aromatic heterocycles. The number of carbonyl (C=O) groups is 1. The summed E-state index contributed by atoms with van der Waals surface area (Å²) in [7, 11) is 1.53. The normalized spacial score (nSPS) is 16.7. The van der Waals surface area contributed by atoms with Crippen LogP contribution in [0.5, 0.6) is 5.75 Å². The second-order valence-corrected chi connectivity index (χ2v) is 4.78. The Morgan fingerprint density at radius 2 is 2.33 bits per heavy atom. The Morgan fingerprint density at radius 3 is 3.00 bits per heavy atom. The molecule has 1 atom stereocenters. The summed E-state index contributed by atoms with van der Waals surface area (Å²) >= 11 is 6.13. The highest BCUT2D eigenvalue weighted by atomic mass is 35.5. The van der Waals surface area contributed by atoms with E-state index in [0.717, 1.165) is 5.56 Å². The summed E-state index contributed by atoms with van der Waals surface area (Å²) in [5, 5.41) is 16.4. The topological polar surface area (TPSA) is 89.3 Å². The molecule has 0 radical (unpaired) electrons. The highest BCUT2D eigenvalue weighted by molar-refractivity contribution is 6.32. The molecular weight excluding hydrogens is 296 g/mol. The van der Waals surface area contributed by atoms with E-state index in [9.17, 15) is 4.79 Å². The molecule has 8 heteroatoms. The molecule has 7 nitrogen and oxygen atoms in total. The van der Waals surface area contributed by atoms with Crippen LogP contribution in [0.2, 0.25) is 5.02 Å². The van der Waals surface area contributed by atoms with Crippen LogP contribution in [-0.4, -0.2) is 33.0 Å². The Labute approximate surface area is 124 Å². The molecule has 1 aliphatic heterocycles. The third-order valence-corrected chi connectivity index (χ3v) is 3.45. The second-order valence-electron chi connectivity index (χ2n) is 4.38. The van der Waals surface area contributed by atoms with Crippen molar-refractivity contribution in [2.45, 2.75) is 6.04 Å². The van der Waals surface area contributed by atoms with Crippen LogP contribution in [0, 0.1) is 0 Å². The highest BCUT2D eigenvalue weighted by Gasteiger charge is 2.25. The van der Waals surface area contributed by atoms with Crippen LogP contribution < -0.4 is 10.1 Å². The fourth-order valence-electron chi connectivity index (χ4n) is 2.16. The van der Waals surface area contributed by atoms with Gasteiger partial charge in [-0.25, -0.2) is 9.48 Å². The number of hydrogen-bond acceptors (Lipinski definition) is 5. The van der Waals surface area contributed by atoms with Crippen molar-refractivity contribution in [1.82, 2.24) is 14.8 Å². The van der Waals surface area contributed by atoms with E-state index in [1.807, 2.05) is 6.07 Å². The minimum atomic E-state index is -1.06. The number of methoxy groups -OCH3 is 1. The molecule has 1 aromatic carbocycles. The predicted molar refractivity (Wildman–Crippen MR) is 75.5 cm³/mol. The first-order valence-electron chi connectivity index (χ1n) is 6.05. The molecular formula is C13H11ClN4O3. The summed E-state index contributed by atoms with van der Waals surface area (Å²) in [6.45, 7) is 0. The van der Waals surface area contributed by atoms with Crippen molar-refractivity contribution in [3.8, 4) is 5.75 Å². The van der Waals surface area contributed by atoms with Gasteiger partial charge in [0.05, 0.1) is 12.1 Å². The van der Waals surface area contributed by atoms with Gasteiger partial charge < -0.3 is 15.2 Å². The summed E-state index contributed by atoms with van der Waals surface area (Å²) < 4.78 is 6.70. The number of nitrogens with zero attached hydrogens (tertiary/aromatic N) is 3. The van der Waals surface area contributed by atoms with Crippen LogP contribution in [0.15, 0.2) is 36.3 Å². The molecule has 1 aliphatic rings. The van der Waals surface area contributed by atoms with Gasteiger partial charge in [-0.2, -0.15) is 10.1 Å². The molecule has 2 heterocycles. The number of carboxylic acid groups (broad SMARTS) is 1. The van der Waals surface area contributed by atoms with Crippen molar-refractivity contribution < 1.29 is 14.6 Å². The summed E-state index contributed by atoms with van der Waals surface area (Å²) in [6.07, 6.45) is 2.92. The molecule has 0 saturated heterocycles.